The number of benzene rings is 1. The predicted octanol–water partition coefficient (Wildman–Crippen LogP) is 5.06. The lowest BCUT2D eigenvalue weighted by atomic mass is 9.83. The molecule has 1 fully saturated rings. The minimum atomic E-state index is -0.115. The largest absolute Gasteiger partial charge is 0.378 e. The van der Waals surface area contributed by atoms with Crippen molar-refractivity contribution in [3.05, 3.63) is 35.6 Å². The van der Waals surface area contributed by atoms with Gasteiger partial charge < -0.3 is 4.74 Å². The van der Waals surface area contributed by atoms with Gasteiger partial charge in [-0.15, -0.1) is 0 Å². The topological polar surface area (TPSA) is 9.23 Å². The minimum absolute atomic E-state index is 0.115. The van der Waals surface area contributed by atoms with E-state index in [1.807, 2.05) is 6.07 Å². The molecule has 1 saturated carbocycles. The highest BCUT2D eigenvalue weighted by Gasteiger charge is 2.22. The van der Waals surface area contributed by atoms with Crippen molar-refractivity contribution in [3.8, 4) is 0 Å². The van der Waals surface area contributed by atoms with Crippen molar-refractivity contribution >= 4 is 0 Å². The van der Waals surface area contributed by atoms with Crippen LogP contribution in [0, 0.1) is 5.82 Å². The Bertz CT molecular complexity index is 369. The van der Waals surface area contributed by atoms with E-state index in [0.717, 1.165) is 37.9 Å². The van der Waals surface area contributed by atoms with Gasteiger partial charge >= 0.3 is 0 Å². The third-order valence-electron chi connectivity index (χ3n) is 4.10. The van der Waals surface area contributed by atoms with Gasteiger partial charge in [0.05, 0.1) is 6.10 Å². The van der Waals surface area contributed by atoms with Gasteiger partial charge in [0.2, 0.25) is 0 Å². The molecule has 0 aromatic heterocycles. The molecule has 1 aromatic carbocycles. The highest BCUT2D eigenvalue weighted by Crippen LogP contribution is 2.34. The van der Waals surface area contributed by atoms with Crippen LogP contribution in [0.5, 0.6) is 0 Å². The maximum Gasteiger partial charge on any atom is 0.123 e. The van der Waals surface area contributed by atoms with Crippen molar-refractivity contribution in [1.82, 2.24) is 0 Å². The Balaban J connectivity index is 1.73. The zero-order chi connectivity index (χ0) is 13.5. The lowest BCUT2D eigenvalue weighted by molar-refractivity contribution is 0.0227. The van der Waals surface area contributed by atoms with Crippen molar-refractivity contribution < 1.29 is 9.13 Å². The van der Waals surface area contributed by atoms with Gasteiger partial charge in [-0.1, -0.05) is 31.9 Å². The van der Waals surface area contributed by atoms with Gasteiger partial charge in [0.1, 0.15) is 5.82 Å². The molecule has 2 heteroatoms. The lowest BCUT2D eigenvalue weighted by Gasteiger charge is -2.29. The van der Waals surface area contributed by atoms with E-state index in [4.69, 9.17) is 4.74 Å². The number of halogens is 1. The Hall–Kier alpha value is -0.890. The SMILES string of the molecule is CCCCCOC1CCC(c2cccc(F)c2)CC1. The fraction of sp³-hybridized carbons (Fsp3) is 0.647. The maximum atomic E-state index is 13.2. The van der Waals surface area contributed by atoms with E-state index >= 15 is 0 Å². The van der Waals surface area contributed by atoms with E-state index in [9.17, 15) is 4.39 Å². The van der Waals surface area contributed by atoms with E-state index in [0.29, 0.717) is 12.0 Å². The highest BCUT2D eigenvalue weighted by atomic mass is 19.1. The molecule has 1 nitrogen and oxygen atoms in total. The normalized spacial score (nSPS) is 23.5. The quantitative estimate of drug-likeness (QED) is 0.653. The van der Waals surface area contributed by atoms with Crippen LogP contribution < -0.4 is 0 Å². The molecular weight excluding hydrogens is 239 g/mol. The molecule has 0 amide bonds. The van der Waals surface area contributed by atoms with Gasteiger partial charge in [0.25, 0.3) is 0 Å². The Morgan fingerprint density at radius 2 is 1.95 bits per heavy atom. The first kappa shape index (κ1) is 14.5. The van der Waals surface area contributed by atoms with Crippen molar-refractivity contribution in [2.75, 3.05) is 6.61 Å². The molecule has 0 bridgehead atoms. The molecule has 0 saturated heterocycles. The molecule has 19 heavy (non-hydrogen) atoms. The summed E-state index contributed by atoms with van der Waals surface area (Å²) in [6, 6.07) is 7.08. The standard InChI is InChI=1S/C17H25FO/c1-2-3-4-12-19-17-10-8-14(9-11-17)15-6-5-7-16(18)13-15/h5-7,13-14,17H,2-4,8-12H2,1H3. The molecule has 0 spiro atoms. The van der Waals surface area contributed by atoms with Crippen molar-refractivity contribution in [2.24, 2.45) is 0 Å². The van der Waals surface area contributed by atoms with E-state index in [1.54, 1.807) is 6.07 Å². The maximum absolute atomic E-state index is 13.2. The smallest absolute Gasteiger partial charge is 0.123 e. The summed E-state index contributed by atoms with van der Waals surface area (Å²) in [7, 11) is 0. The van der Waals surface area contributed by atoms with Crippen LogP contribution in [0.3, 0.4) is 0 Å². The minimum Gasteiger partial charge on any atom is -0.378 e. The molecule has 0 heterocycles. The van der Waals surface area contributed by atoms with Gasteiger partial charge in [-0.25, -0.2) is 4.39 Å². The van der Waals surface area contributed by atoms with E-state index < -0.39 is 0 Å². The number of hydrogen-bond acceptors (Lipinski definition) is 1. The van der Waals surface area contributed by atoms with Crippen LogP contribution in [0.4, 0.5) is 4.39 Å². The number of unbranched alkanes of at least 4 members (excludes halogenated alkanes) is 2. The molecule has 0 radical (unpaired) electrons. The van der Waals surface area contributed by atoms with Crippen LogP contribution in [0.15, 0.2) is 24.3 Å². The Labute approximate surface area is 116 Å². The molecule has 0 unspecified atom stereocenters. The summed E-state index contributed by atoms with van der Waals surface area (Å²) in [5.74, 6) is 0.404. The van der Waals surface area contributed by atoms with E-state index in [1.165, 1.54) is 25.3 Å². The van der Waals surface area contributed by atoms with Gasteiger partial charge in [0.15, 0.2) is 0 Å². The van der Waals surface area contributed by atoms with Crippen LogP contribution in [-0.2, 0) is 4.74 Å². The van der Waals surface area contributed by atoms with Crippen LogP contribution in [-0.4, -0.2) is 12.7 Å². The van der Waals surface area contributed by atoms with E-state index in [2.05, 4.69) is 13.0 Å². The Morgan fingerprint density at radius 3 is 2.63 bits per heavy atom. The van der Waals surface area contributed by atoms with Crippen LogP contribution >= 0.6 is 0 Å². The zero-order valence-corrected chi connectivity index (χ0v) is 11.9. The summed E-state index contributed by atoms with van der Waals surface area (Å²) in [6.07, 6.45) is 8.61. The number of ether oxygens (including phenoxy) is 1. The first-order chi connectivity index (χ1) is 9.29. The molecule has 1 aromatic rings. The molecule has 1 aliphatic rings. The third kappa shape index (κ3) is 4.61. The fourth-order valence-electron chi connectivity index (χ4n) is 2.93. The zero-order valence-electron chi connectivity index (χ0n) is 11.9. The third-order valence-corrected chi connectivity index (χ3v) is 4.10. The van der Waals surface area contributed by atoms with E-state index in [-0.39, 0.29) is 5.82 Å². The van der Waals surface area contributed by atoms with Crippen molar-refractivity contribution in [2.45, 2.75) is 63.9 Å². The first-order valence-corrected chi connectivity index (χ1v) is 7.66. The molecule has 0 atom stereocenters. The number of rotatable bonds is 6. The first-order valence-electron chi connectivity index (χ1n) is 7.66. The average molecular weight is 264 g/mol. The Morgan fingerprint density at radius 1 is 1.16 bits per heavy atom. The predicted molar refractivity (Wildman–Crippen MR) is 76.9 cm³/mol. The monoisotopic (exact) mass is 264 g/mol. The fourth-order valence-corrected chi connectivity index (χ4v) is 2.93. The van der Waals surface area contributed by atoms with Crippen molar-refractivity contribution in [3.63, 3.8) is 0 Å². The number of hydrogen-bond donors (Lipinski definition) is 0. The lowest BCUT2D eigenvalue weighted by Crippen LogP contribution is -2.21. The summed E-state index contributed by atoms with van der Waals surface area (Å²) in [6.45, 7) is 3.12. The molecule has 0 N–H and O–H groups in total. The van der Waals surface area contributed by atoms with Crippen LogP contribution in [0.1, 0.15) is 63.4 Å². The summed E-state index contributed by atoms with van der Waals surface area (Å²) in [5, 5.41) is 0. The molecule has 2 rings (SSSR count). The second-order valence-electron chi connectivity index (χ2n) is 5.61. The highest BCUT2D eigenvalue weighted by molar-refractivity contribution is 5.21. The van der Waals surface area contributed by atoms with Crippen LogP contribution in [0.2, 0.25) is 0 Å². The second-order valence-corrected chi connectivity index (χ2v) is 5.61. The van der Waals surface area contributed by atoms with Gasteiger partial charge in [-0.2, -0.15) is 0 Å². The van der Waals surface area contributed by atoms with Crippen molar-refractivity contribution in [1.29, 1.82) is 0 Å². The van der Waals surface area contributed by atoms with Gasteiger partial charge in [-0.3, -0.25) is 0 Å². The average Bonchev–Trinajstić information content (AvgIpc) is 2.44. The second kappa shape index (κ2) is 7.64. The summed E-state index contributed by atoms with van der Waals surface area (Å²) >= 11 is 0. The van der Waals surface area contributed by atoms with Crippen LogP contribution in [0.25, 0.3) is 0 Å². The molecule has 0 aliphatic heterocycles. The molecular formula is C17H25FO. The molecule has 1 aliphatic carbocycles. The summed E-state index contributed by atoms with van der Waals surface area (Å²) in [5.41, 5.74) is 1.16. The molecule has 106 valence electrons. The summed E-state index contributed by atoms with van der Waals surface area (Å²) < 4.78 is 19.1. The Kier molecular flexibility index (Phi) is 5.84. The summed E-state index contributed by atoms with van der Waals surface area (Å²) in [4.78, 5) is 0. The van der Waals surface area contributed by atoms with Gasteiger partial charge in [-0.05, 0) is 55.7 Å². The van der Waals surface area contributed by atoms with Gasteiger partial charge in [0, 0.05) is 6.61 Å².